The van der Waals surface area contributed by atoms with E-state index in [-0.39, 0.29) is 5.91 Å². The molecule has 1 saturated heterocycles. The van der Waals surface area contributed by atoms with Gasteiger partial charge in [0.25, 0.3) is 5.91 Å². The standard InChI is InChI=1S/C28H28N6O2/c1-20(28(35)33-25-8-4-2-6-21(25)10-11-22-7-3-5-9-26(22)33)34-30-27(29-31-34)23-12-14-24(15-13-23)32-16-18-36-19-17-32/h2-9,12-15,20H,10-11,16-19H2,1H3/t20-/m1/s1. The highest BCUT2D eigenvalue weighted by Gasteiger charge is 2.31. The maximum atomic E-state index is 13.9. The van der Waals surface area contributed by atoms with Crippen molar-refractivity contribution in [2.45, 2.75) is 25.8 Å². The lowest BCUT2D eigenvalue weighted by Gasteiger charge is -2.28. The van der Waals surface area contributed by atoms with E-state index in [1.165, 1.54) is 4.80 Å². The average molecular weight is 481 g/mol. The number of ether oxygens (including phenoxy) is 1. The van der Waals surface area contributed by atoms with Gasteiger partial charge in [0.15, 0.2) is 0 Å². The van der Waals surface area contributed by atoms with Crippen LogP contribution in [-0.2, 0) is 22.4 Å². The van der Waals surface area contributed by atoms with Crippen molar-refractivity contribution in [3.63, 3.8) is 0 Å². The molecule has 0 aliphatic carbocycles. The van der Waals surface area contributed by atoms with Gasteiger partial charge in [0, 0.05) is 24.3 Å². The zero-order chi connectivity index (χ0) is 24.5. The van der Waals surface area contributed by atoms with Gasteiger partial charge in [-0.1, -0.05) is 36.4 Å². The second kappa shape index (κ2) is 9.54. The first-order valence-electron chi connectivity index (χ1n) is 12.4. The monoisotopic (exact) mass is 480 g/mol. The molecule has 2 aliphatic heterocycles. The van der Waals surface area contributed by atoms with Crippen LogP contribution in [0.15, 0.2) is 72.8 Å². The molecule has 0 bridgehead atoms. The Morgan fingerprint density at radius 1 is 0.861 bits per heavy atom. The second-order valence-electron chi connectivity index (χ2n) is 9.19. The van der Waals surface area contributed by atoms with Crippen molar-refractivity contribution < 1.29 is 9.53 Å². The van der Waals surface area contributed by atoms with E-state index in [2.05, 4.69) is 44.6 Å². The number of tetrazole rings is 1. The van der Waals surface area contributed by atoms with Crippen molar-refractivity contribution in [3.05, 3.63) is 83.9 Å². The van der Waals surface area contributed by atoms with Crippen LogP contribution in [0.3, 0.4) is 0 Å². The van der Waals surface area contributed by atoms with Crippen LogP contribution in [0.1, 0.15) is 24.1 Å². The molecule has 2 aliphatic rings. The normalized spacial score (nSPS) is 16.1. The van der Waals surface area contributed by atoms with E-state index >= 15 is 0 Å². The van der Waals surface area contributed by atoms with Crippen LogP contribution in [0.25, 0.3) is 11.4 Å². The Kier molecular flexibility index (Phi) is 5.95. The minimum Gasteiger partial charge on any atom is -0.378 e. The van der Waals surface area contributed by atoms with Gasteiger partial charge in [-0.25, -0.2) is 0 Å². The first-order chi connectivity index (χ1) is 17.7. The summed E-state index contributed by atoms with van der Waals surface area (Å²) in [5.41, 5.74) is 6.15. The summed E-state index contributed by atoms with van der Waals surface area (Å²) in [6.45, 7) is 5.09. The molecule has 36 heavy (non-hydrogen) atoms. The van der Waals surface area contributed by atoms with Crippen molar-refractivity contribution in [3.8, 4) is 11.4 Å². The average Bonchev–Trinajstić information content (AvgIpc) is 3.37. The molecule has 1 atom stereocenters. The molecule has 1 fully saturated rings. The molecule has 182 valence electrons. The number of aryl methyl sites for hydroxylation is 2. The summed E-state index contributed by atoms with van der Waals surface area (Å²) >= 11 is 0. The van der Waals surface area contributed by atoms with Crippen LogP contribution in [-0.4, -0.2) is 52.4 Å². The Morgan fingerprint density at radius 2 is 1.47 bits per heavy atom. The molecule has 1 aromatic heterocycles. The Hall–Kier alpha value is -4.04. The number of fused-ring (bicyclic) bond motifs is 2. The number of para-hydroxylation sites is 2. The highest BCUT2D eigenvalue weighted by molar-refractivity contribution is 6.04. The number of carbonyl (C=O) groups excluding carboxylic acids is 1. The van der Waals surface area contributed by atoms with Gasteiger partial charge < -0.3 is 9.64 Å². The number of hydrogen-bond acceptors (Lipinski definition) is 6. The topological polar surface area (TPSA) is 76.4 Å². The number of morpholine rings is 1. The van der Waals surface area contributed by atoms with Gasteiger partial charge in [-0.15, -0.1) is 10.2 Å². The van der Waals surface area contributed by atoms with E-state index in [0.29, 0.717) is 5.82 Å². The highest BCUT2D eigenvalue weighted by Crippen LogP contribution is 2.37. The molecule has 8 nitrogen and oxygen atoms in total. The van der Waals surface area contributed by atoms with Crippen LogP contribution in [0.5, 0.6) is 0 Å². The summed E-state index contributed by atoms with van der Waals surface area (Å²) in [5, 5.41) is 13.1. The number of benzene rings is 3. The number of hydrogen-bond donors (Lipinski definition) is 0. The van der Waals surface area contributed by atoms with Crippen LogP contribution >= 0.6 is 0 Å². The smallest absolute Gasteiger partial charge is 0.258 e. The van der Waals surface area contributed by atoms with Crippen LogP contribution < -0.4 is 9.80 Å². The third kappa shape index (κ3) is 4.13. The number of amides is 1. The van der Waals surface area contributed by atoms with Crippen molar-refractivity contribution in [1.29, 1.82) is 0 Å². The van der Waals surface area contributed by atoms with E-state index in [9.17, 15) is 4.79 Å². The molecule has 8 heteroatoms. The Balaban J connectivity index is 1.27. The number of aromatic nitrogens is 4. The summed E-state index contributed by atoms with van der Waals surface area (Å²) in [5.74, 6) is 0.406. The SMILES string of the molecule is C[C@H](C(=O)N1c2ccccc2CCc2ccccc21)n1nnc(-c2ccc(N3CCOCC3)cc2)n1. The molecule has 6 rings (SSSR count). The van der Waals surface area contributed by atoms with Gasteiger partial charge in [0.2, 0.25) is 5.82 Å². The summed E-state index contributed by atoms with van der Waals surface area (Å²) < 4.78 is 5.44. The van der Waals surface area contributed by atoms with Gasteiger partial charge in [-0.05, 0) is 72.5 Å². The first kappa shape index (κ1) is 22.4. The molecule has 1 amide bonds. The molecular weight excluding hydrogens is 452 g/mol. The highest BCUT2D eigenvalue weighted by atomic mass is 16.5. The third-order valence-electron chi connectivity index (χ3n) is 6.98. The molecule has 0 N–H and O–H groups in total. The van der Waals surface area contributed by atoms with Gasteiger partial charge >= 0.3 is 0 Å². The maximum absolute atomic E-state index is 13.9. The minimum absolute atomic E-state index is 0.0941. The van der Waals surface area contributed by atoms with Gasteiger partial charge in [0.05, 0.1) is 24.6 Å². The predicted octanol–water partition coefficient (Wildman–Crippen LogP) is 4.20. The molecule has 3 aromatic carbocycles. The number of rotatable bonds is 4. The number of anilines is 3. The Labute approximate surface area is 210 Å². The van der Waals surface area contributed by atoms with E-state index in [1.807, 2.05) is 60.4 Å². The molecule has 0 spiro atoms. The van der Waals surface area contributed by atoms with Crippen molar-refractivity contribution in [1.82, 2.24) is 20.2 Å². The largest absolute Gasteiger partial charge is 0.378 e. The molecule has 0 saturated carbocycles. The number of nitrogens with zero attached hydrogens (tertiary/aromatic N) is 6. The fraction of sp³-hybridized carbons (Fsp3) is 0.286. The van der Waals surface area contributed by atoms with E-state index in [4.69, 9.17) is 4.74 Å². The number of carbonyl (C=O) groups is 1. The molecule has 0 radical (unpaired) electrons. The summed E-state index contributed by atoms with van der Waals surface area (Å²) in [7, 11) is 0. The predicted molar refractivity (Wildman–Crippen MR) is 138 cm³/mol. The maximum Gasteiger partial charge on any atom is 0.258 e. The second-order valence-corrected chi connectivity index (χ2v) is 9.19. The Bertz CT molecular complexity index is 1330. The summed E-state index contributed by atoms with van der Waals surface area (Å²) in [6.07, 6.45) is 1.77. The first-order valence-corrected chi connectivity index (χ1v) is 12.4. The van der Waals surface area contributed by atoms with Crippen LogP contribution in [0, 0.1) is 0 Å². The summed E-state index contributed by atoms with van der Waals surface area (Å²) in [4.78, 5) is 19.5. The molecule has 4 aromatic rings. The quantitative estimate of drug-likeness (QED) is 0.436. The van der Waals surface area contributed by atoms with E-state index < -0.39 is 6.04 Å². The third-order valence-corrected chi connectivity index (χ3v) is 6.98. The van der Waals surface area contributed by atoms with Gasteiger partial charge in [-0.2, -0.15) is 4.80 Å². The fourth-order valence-corrected chi connectivity index (χ4v) is 4.95. The molecule has 0 unspecified atom stereocenters. The van der Waals surface area contributed by atoms with Gasteiger partial charge in [0.1, 0.15) is 6.04 Å². The fourth-order valence-electron chi connectivity index (χ4n) is 4.95. The van der Waals surface area contributed by atoms with Crippen molar-refractivity contribution in [2.75, 3.05) is 36.1 Å². The van der Waals surface area contributed by atoms with Crippen molar-refractivity contribution >= 4 is 23.0 Å². The van der Waals surface area contributed by atoms with E-state index in [0.717, 1.165) is 72.9 Å². The zero-order valence-electron chi connectivity index (χ0n) is 20.2. The van der Waals surface area contributed by atoms with Crippen LogP contribution in [0.4, 0.5) is 17.1 Å². The Morgan fingerprint density at radius 3 is 2.11 bits per heavy atom. The minimum atomic E-state index is -0.627. The lowest BCUT2D eigenvalue weighted by molar-refractivity contribution is -0.121. The van der Waals surface area contributed by atoms with Crippen LogP contribution in [0.2, 0.25) is 0 Å². The lowest BCUT2D eigenvalue weighted by Crippen LogP contribution is -2.36. The molecule has 3 heterocycles. The summed E-state index contributed by atoms with van der Waals surface area (Å²) in [6, 6.07) is 23.7. The zero-order valence-corrected chi connectivity index (χ0v) is 20.2. The molecular formula is C28H28N6O2. The van der Waals surface area contributed by atoms with Gasteiger partial charge in [-0.3, -0.25) is 9.69 Å². The lowest BCUT2D eigenvalue weighted by atomic mass is 10.0. The van der Waals surface area contributed by atoms with Crippen molar-refractivity contribution in [2.24, 2.45) is 0 Å². The van der Waals surface area contributed by atoms with E-state index in [1.54, 1.807) is 0 Å².